The molecule has 2 aromatic carbocycles. The van der Waals surface area contributed by atoms with Crippen LogP contribution in [0.25, 0.3) is 33.8 Å². The lowest BCUT2D eigenvalue weighted by molar-refractivity contribution is -0.151. The number of imidazole rings is 1. The second kappa shape index (κ2) is 13.2. The molecular weight excluding hydrogens is 640 g/mol. The van der Waals surface area contributed by atoms with E-state index in [1.807, 2.05) is 48.0 Å². The fourth-order valence-corrected chi connectivity index (χ4v) is 7.18. The summed E-state index contributed by atoms with van der Waals surface area (Å²) in [5.41, 5.74) is 1.58. The van der Waals surface area contributed by atoms with Crippen molar-refractivity contribution in [3.05, 3.63) is 59.9 Å². The molecule has 0 spiro atoms. The summed E-state index contributed by atoms with van der Waals surface area (Å²) < 4.78 is 60.9. The van der Waals surface area contributed by atoms with Gasteiger partial charge in [-0.2, -0.15) is 13.2 Å². The molecule has 1 saturated carbocycles. The Morgan fingerprint density at radius 2 is 1.73 bits per heavy atom. The summed E-state index contributed by atoms with van der Waals surface area (Å²) in [4.78, 5) is 31.0. The van der Waals surface area contributed by atoms with Crippen molar-refractivity contribution in [3.63, 3.8) is 0 Å². The fourth-order valence-electron chi connectivity index (χ4n) is 7.18. The molecular formula is C36H42F4N6O3. The Balaban J connectivity index is 1.32. The Bertz CT molecular complexity index is 1820. The van der Waals surface area contributed by atoms with E-state index in [2.05, 4.69) is 14.9 Å². The lowest BCUT2D eigenvalue weighted by atomic mass is 9.69. The highest BCUT2D eigenvalue weighted by Gasteiger charge is 2.40. The second-order valence-corrected chi connectivity index (χ2v) is 13.6. The number of H-pyrrole nitrogens is 1. The lowest BCUT2D eigenvalue weighted by Crippen LogP contribution is -2.59. The van der Waals surface area contributed by atoms with Gasteiger partial charge in [-0.25, -0.2) is 14.4 Å². The largest absolute Gasteiger partial charge is 0.480 e. The summed E-state index contributed by atoms with van der Waals surface area (Å²) in [6, 6.07) is 12.0. The molecule has 2 aliphatic rings. The van der Waals surface area contributed by atoms with Crippen LogP contribution in [0.3, 0.4) is 0 Å². The van der Waals surface area contributed by atoms with Crippen LogP contribution < -0.4 is 9.80 Å². The van der Waals surface area contributed by atoms with Gasteiger partial charge in [0.1, 0.15) is 22.7 Å². The zero-order valence-corrected chi connectivity index (χ0v) is 28.2. The zero-order valence-electron chi connectivity index (χ0n) is 28.2. The molecule has 1 unspecified atom stereocenters. The molecule has 1 saturated heterocycles. The Kier molecular flexibility index (Phi) is 9.35. The number of nitrogens with one attached hydrogen (secondary N) is 1. The number of halogens is 4. The van der Waals surface area contributed by atoms with Gasteiger partial charge in [0, 0.05) is 69.1 Å². The van der Waals surface area contributed by atoms with Crippen LogP contribution in [0.15, 0.2) is 48.5 Å². The molecule has 4 aromatic rings. The Morgan fingerprint density at radius 3 is 2.31 bits per heavy atom. The number of benzene rings is 2. The molecule has 2 fully saturated rings. The molecule has 2 N–H and O–H groups in total. The summed E-state index contributed by atoms with van der Waals surface area (Å²) in [6.07, 6.45) is -1.10. The highest BCUT2D eigenvalue weighted by atomic mass is 19.4. The summed E-state index contributed by atoms with van der Waals surface area (Å²) in [5, 5.41) is 9.78. The van der Waals surface area contributed by atoms with Crippen molar-refractivity contribution in [2.24, 2.45) is 5.41 Å². The highest BCUT2D eigenvalue weighted by molar-refractivity contribution is 5.91. The van der Waals surface area contributed by atoms with Crippen LogP contribution in [0.4, 0.5) is 28.9 Å². The quantitative estimate of drug-likeness (QED) is 0.162. The average molecular weight is 683 g/mol. The molecule has 13 heteroatoms. The van der Waals surface area contributed by atoms with Crippen molar-refractivity contribution in [2.75, 3.05) is 63.3 Å². The number of methoxy groups -OCH3 is 1. The molecule has 49 heavy (non-hydrogen) atoms. The minimum absolute atomic E-state index is 0.00994. The van der Waals surface area contributed by atoms with E-state index < -0.39 is 29.1 Å². The van der Waals surface area contributed by atoms with E-state index in [-0.39, 0.29) is 16.7 Å². The third-order valence-electron chi connectivity index (χ3n) is 10.4. The number of fused-ring (bicyclic) bond motifs is 1. The minimum atomic E-state index is -4.72. The van der Waals surface area contributed by atoms with Gasteiger partial charge in [0.15, 0.2) is 5.65 Å². The number of pyridine rings is 1. The molecule has 0 radical (unpaired) electrons. The van der Waals surface area contributed by atoms with Gasteiger partial charge < -0.3 is 24.6 Å². The van der Waals surface area contributed by atoms with Crippen molar-refractivity contribution in [3.8, 4) is 22.6 Å². The molecule has 2 aromatic heterocycles. The van der Waals surface area contributed by atoms with Crippen molar-refractivity contribution in [2.45, 2.75) is 51.2 Å². The van der Waals surface area contributed by atoms with Crippen molar-refractivity contribution < 1.29 is 32.2 Å². The number of aromatic nitrogens is 3. The van der Waals surface area contributed by atoms with Crippen molar-refractivity contribution in [1.29, 1.82) is 0 Å². The topological polar surface area (TPSA) is 97.8 Å². The van der Waals surface area contributed by atoms with Gasteiger partial charge in [0.25, 0.3) is 0 Å². The first-order valence-corrected chi connectivity index (χ1v) is 16.6. The molecule has 1 atom stereocenters. The number of nitrogens with zero attached hydrogens (tertiary/aromatic N) is 5. The summed E-state index contributed by atoms with van der Waals surface area (Å²) in [7, 11) is 3.61. The van der Waals surface area contributed by atoms with E-state index in [0.29, 0.717) is 74.5 Å². The maximum atomic E-state index is 14.5. The van der Waals surface area contributed by atoms with E-state index in [1.54, 1.807) is 20.1 Å². The SMILES string of the molecule is CCC(C)(C(=O)O)N1CCN(c2ccc(-c3nc4nc(-c5cc(F)cc(C(F)(F)F)c5)cc(N(C)CC5(COC)CCC5)c4[nH]3)cc2)CC1. The fraction of sp³-hybridized carbons (Fsp3) is 0.472. The number of hydrogen-bond donors (Lipinski definition) is 2. The molecule has 1 aliphatic carbocycles. The maximum Gasteiger partial charge on any atom is 0.416 e. The molecule has 0 bridgehead atoms. The summed E-state index contributed by atoms with van der Waals surface area (Å²) in [5.74, 6) is -1.27. The predicted molar refractivity (Wildman–Crippen MR) is 181 cm³/mol. The number of alkyl halides is 3. The van der Waals surface area contributed by atoms with Crippen molar-refractivity contribution in [1.82, 2.24) is 19.9 Å². The maximum absolute atomic E-state index is 14.5. The van der Waals surface area contributed by atoms with Crippen LogP contribution in [0.1, 0.15) is 45.1 Å². The standard InChI is InChI=1S/C36H42F4N6O3/c1-5-34(2,33(47)48)46-15-13-45(14-16-46)27-9-7-23(8-10-27)31-42-30-29(44(3)21-35(22-49-4)11-6-12-35)20-28(41-32(30)43-31)24-17-25(36(38,39)40)19-26(37)18-24/h7-10,17-20H,5-6,11-16,21-22H2,1-4H3,(H,47,48)(H,41,42,43). The van der Waals surface area contributed by atoms with Gasteiger partial charge in [0.05, 0.1) is 23.6 Å². The number of aliphatic carboxylic acids is 1. The Morgan fingerprint density at radius 1 is 1.04 bits per heavy atom. The average Bonchev–Trinajstić information content (AvgIpc) is 3.50. The molecule has 9 nitrogen and oxygen atoms in total. The highest BCUT2D eigenvalue weighted by Crippen LogP contribution is 2.43. The summed E-state index contributed by atoms with van der Waals surface area (Å²) in [6.45, 7) is 7.55. The third-order valence-corrected chi connectivity index (χ3v) is 10.4. The van der Waals surface area contributed by atoms with Crippen LogP contribution >= 0.6 is 0 Å². The number of anilines is 2. The van der Waals surface area contributed by atoms with Crippen LogP contribution in [0.2, 0.25) is 0 Å². The first-order chi connectivity index (χ1) is 23.2. The van der Waals surface area contributed by atoms with E-state index in [1.165, 1.54) is 0 Å². The number of rotatable bonds is 11. The molecule has 3 heterocycles. The number of ether oxygens (including phenoxy) is 1. The Labute approximate surface area is 282 Å². The molecule has 6 rings (SSSR count). The number of carboxylic acid groups (broad SMARTS) is 1. The van der Waals surface area contributed by atoms with Gasteiger partial charge in [-0.1, -0.05) is 13.3 Å². The molecule has 262 valence electrons. The van der Waals surface area contributed by atoms with Crippen LogP contribution in [0.5, 0.6) is 0 Å². The first kappa shape index (κ1) is 34.6. The molecule has 1 aliphatic heterocycles. The van der Waals surface area contributed by atoms with Crippen LogP contribution in [-0.2, 0) is 15.7 Å². The van der Waals surface area contributed by atoms with E-state index in [9.17, 15) is 27.5 Å². The number of hydrogen-bond acceptors (Lipinski definition) is 7. The Hall–Kier alpha value is -4.23. The van der Waals surface area contributed by atoms with Gasteiger partial charge >= 0.3 is 12.1 Å². The van der Waals surface area contributed by atoms with Gasteiger partial charge in [-0.3, -0.25) is 9.69 Å². The first-order valence-electron chi connectivity index (χ1n) is 16.6. The number of carbonyl (C=O) groups is 1. The zero-order chi connectivity index (χ0) is 35.1. The van der Waals surface area contributed by atoms with E-state index in [0.717, 1.165) is 42.6 Å². The number of piperazine rings is 1. The van der Waals surface area contributed by atoms with Gasteiger partial charge in [0.2, 0.25) is 0 Å². The van der Waals surface area contributed by atoms with E-state index >= 15 is 0 Å². The van der Waals surface area contributed by atoms with Gasteiger partial charge in [-0.15, -0.1) is 0 Å². The second-order valence-electron chi connectivity index (χ2n) is 13.6. The predicted octanol–water partition coefficient (Wildman–Crippen LogP) is 7.08. The van der Waals surface area contributed by atoms with E-state index in [4.69, 9.17) is 9.72 Å². The minimum Gasteiger partial charge on any atom is -0.480 e. The monoisotopic (exact) mass is 682 g/mol. The number of aromatic amines is 1. The number of carboxylic acids is 1. The normalized spacial score (nSPS) is 17.9. The van der Waals surface area contributed by atoms with Crippen LogP contribution in [-0.4, -0.2) is 90.0 Å². The lowest BCUT2D eigenvalue weighted by Gasteiger charge is -2.44. The molecule has 0 amide bonds. The third kappa shape index (κ3) is 6.83. The van der Waals surface area contributed by atoms with Gasteiger partial charge in [-0.05, 0) is 74.7 Å². The van der Waals surface area contributed by atoms with Crippen LogP contribution in [0, 0.1) is 11.2 Å². The van der Waals surface area contributed by atoms with Crippen molar-refractivity contribution >= 4 is 28.5 Å². The smallest absolute Gasteiger partial charge is 0.416 e. The summed E-state index contributed by atoms with van der Waals surface area (Å²) >= 11 is 0.